The van der Waals surface area contributed by atoms with Crippen molar-refractivity contribution in [3.63, 3.8) is 0 Å². The van der Waals surface area contributed by atoms with Gasteiger partial charge in [0.1, 0.15) is 5.75 Å². The summed E-state index contributed by atoms with van der Waals surface area (Å²) in [5.74, 6) is 2.60. The maximum atomic E-state index is 12.8. The Kier molecular flexibility index (Phi) is 5.90. The van der Waals surface area contributed by atoms with E-state index in [1.807, 2.05) is 30.3 Å². The number of benzene rings is 2. The van der Waals surface area contributed by atoms with Gasteiger partial charge in [-0.2, -0.15) is 0 Å². The molecule has 2 aromatic carbocycles. The van der Waals surface area contributed by atoms with E-state index in [0.29, 0.717) is 12.2 Å². The zero-order valence-corrected chi connectivity index (χ0v) is 17.0. The molecule has 29 heavy (non-hydrogen) atoms. The normalized spacial score (nSPS) is 20.6. The van der Waals surface area contributed by atoms with Crippen LogP contribution in [0.3, 0.4) is 0 Å². The van der Waals surface area contributed by atoms with Crippen LogP contribution in [-0.4, -0.2) is 50.4 Å². The van der Waals surface area contributed by atoms with Crippen molar-refractivity contribution in [3.8, 4) is 17.2 Å². The van der Waals surface area contributed by atoms with E-state index in [1.165, 1.54) is 5.56 Å². The number of carbonyl (C=O) groups is 1. The number of hydrogen-bond donors (Lipinski definition) is 1. The monoisotopic (exact) mass is 396 g/mol. The lowest BCUT2D eigenvalue weighted by molar-refractivity contribution is -0.121. The average molecular weight is 396 g/mol. The maximum Gasteiger partial charge on any atom is 0.231 e. The molecule has 2 aliphatic rings. The van der Waals surface area contributed by atoms with Crippen LogP contribution in [0.1, 0.15) is 30.4 Å². The molecule has 0 bridgehead atoms. The van der Waals surface area contributed by atoms with Crippen molar-refractivity contribution < 1.29 is 19.0 Å². The largest absolute Gasteiger partial charge is 0.497 e. The quantitative estimate of drug-likeness (QED) is 0.780. The number of hydrogen-bond acceptors (Lipinski definition) is 5. The molecular formula is C23H28N2O4. The number of nitrogens with one attached hydrogen (secondary N) is 1. The fraction of sp³-hybridized carbons (Fsp3) is 0.435. The van der Waals surface area contributed by atoms with E-state index in [-0.39, 0.29) is 24.7 Å². The second-order valence-corrected chi connectivity index (χ2v) is 7.68. The van der Waals surface area contributed by atoms with E-state index < -0.39 is 0 Å². The van der Waals surface area contributed by atoms with Gasteiger partial charge in [-0.3, -0.25) is 4.79 Å². The van der Waals surface area contributed by atoms with Gasteiger partial charge in [0.2, 0.25) is 12.7 Å². The minimum atomic E-state index is 0.0331. The molecule has 0 saturated carbocycles. The summed E-state index contributed by atoms with van der Waals surface area (Å²) < 4.78 is 16.0. The van der Waals surface area contributed by atoms with E-state index in [1.54, 1.807) is 7.11 Å². The highest BCUT2D eigenvalue weighted by atomic mass is 16.7. The van der Waals surface area contributed by atoms with Crippen LogP contribution in [0.2, 0.25) is 0 Å². The third kappa shape index (κ3) is 4.48. The van der Waals surface area contributed by atoms with Crippen LogP contribution in [0.25, 0.3) is 0 Å². The first-order valence-corrected chi connectivity index (χ1v) is 10.2. The second-order valence-electron chi connectivity index (χ2n) is 7.68. The number of likely N-dealkylation sites (tertiary alicyclic amines) is 1. The number of nitrogens with zero attached hydrogens (tertiary/aromatic N) is 1. The van der Waals surface area contributed by atoms with Crippen LogP contribution in [-0.2, 0) is 11.2 Å². The Labute approximate surface area is 171 Å². The minimum Gasteiger partial charge on any atom is -0.497 e. The summed E-state index contributed by atoms with van der Waals surface area (Å²) in [4.78, 5) is 15.2. The minimum absolute atomic E-state index is 0.0331. The van der Waals surface area contributed by atoms with Crippen molar-refractivity contribution >= 4 is 5.91 Å². The molecule has 0 unspecified atom stereocenters. The van der Waals surface area contributed by atoms with E-state index in [4.69, 9.17) is 14.2 Å². The van der Waals surface area contributed by atoms with Crippen LogP contribution >= 0.6 is 0 Å². The second kappa shape index (κ2) is 8.74. The Hall–Kier alpha value is -2.73. The standard InChI is InChI=1S/C23H28N2O4/c1-3-10-25-13-19(17-5-7-18(27-2)8-6-17)20(14-25)24-23(26)12-16-4-9-21-22(11-16)29-15-28-21/h4-9,11,19-20H,3,10,12-15H2,1-2H3,(H,24,26)/t19-,20+/m1/s1. The van der Waals surface area contributed by atoms with Crippen LogP contribution in [0.5, 0.6) is 17.2 Å². The predicted octanol–water partition coefficient (Wildman–Crippen LogP) is 2.96. The molecule has 0 aliphatic carbocycles. The number of carbonyl (C=O) groups excluding carboxylic acids is 1. The Bertz CT molecular complexity index is 852. The molecule has 0 radical (unpaired) electrons. The third-order valence-electron chi connectivity index (χ3n) is 5.63. The zero-order chi connectivity index (χ0) is 20.2. The van der Waals surface area contributed by atoms with Crippen molar-refractivity contribution in [2.24, 2.45) is 0 Å². The zero-order valence-electron chi connectivity index (χ0n) is 17.0. The first-order valence-electron chi connectivity index (χ1n) is 10.2. The lowest BCUT2D eigenvalue weighted by atomic mass is 9.94. The molecule has 1 N–H and O–H groups in total. The van der Waals surface area contributed by atoms with E-state index in [2.05, 4.69) is 29.3 Å². The summed E-state index contributed by atoms with van der Waals surface area (Å²) in [7, 11) is 1.67. The van der Waals surface area contributed by atoms with E-state index >= 15 is 0 Å². The lowest BCUT2D eigenvalue weighted by Gasteiger charge is -2.20. The SMILES string of the molecule is CCCN1C[C@H](NC(=O)Cc2ccc3c(c2)OCO3)[C@@H](c2ccc(OC)cc2)C1. The molecule has 1 saturated heterocycles. The number of ether oxygens (including phenoxy) is 3. The Morgan fingerprint density at radius 1 is 1.14 bits per heavy atom. The Balaban J connectivity index is 1.44. The molecule has 4 rings (SSSR count). The van der Waals surface area contributed by atoms with Gasteiger partial charge in [-0.25, -0.2) is 0 Å². The molecule has 0 aromatic heterocycles. The highest BCUT2D eigenvalue weighted by Gasteiger charge is 2.34. The van der Waals surface area contributed by atoms with E-state index in [0.717, 1.165) is 43.1 Å². The molecule has 6 heteroatoms. The predicted molar refractivity (Wildman–Crippen MR) is 111 cm³/mol. The van der Waals surface area contributed by atoms with Crippen LogP contribution < -0.4 is 19.5 Å². The van der Waals surface area contributed by atoms with Crippen molar-refractivity contribution in [1.29, 1.82) is 0 Å². The first-order chi connectivity index (χ1) is 14.2. The van der Waals surface area contributed by atoms with Crippen LogP contribution in [0, 0.1) is 0 Å². The summed E-state index contributed by atoms with van der Waals surface area (Å²) in [6.07, 6.45) is 1.43. The van der Waals surface area contributed by atoms with Gasteiger partial charge in [-0.15, -0.1) is 0 Å². The molecule has 1 amide bonds. The van der Waals surface area contributed by atoms with Crippen molar-refractivity contribution in [2.45, 2.75) is 31.7 Å². The van der Waals surface area contributed by atoms with Crippen LogP contribution in [0.4, 0.5) is 0 Å². The van der Waals surface area contributed by atoms with Gasteiger partial charge < -0.3 is 24.4 Å². The van der Waals surface area contributed by atoms with Gasteiger partial charge in [-0.05, 0) is 48.4 Å². The van der Waals surface area contributed by atoms with E-state index in [9.17, 15) is 4.79 Å². The van der Waals surface area contributed by atoms with Crippen molar-refractivity contribution in [2.75, 3.05) is 33.5 Å². The van der Waals surface area contributed by atoms with Gasteiger partial charge in [0.15, 0.2) is 11.5 Å². The van der Waals surface area contributed by atoms with Gasteiger partial charge in [-0.1, -0.05) is 25.1 Å². The summed E-state index contributed by atoms with van der Waals surface area (Å²) >= 11 is 0. The van der Waals surface area contributed by atoms with Gasteiger partial charge in [0.25, 0.3) is 0 Å². The third-order valence-corrected chi connectivity index (χ3v) is 5.63. The Morgan fingerprint density at radius 3 is 2.69 bits per heavy atom. The molecule has 154 valence electrons. The van der Waals surface area contributed by atoms with Gasteiger partial charge in [0.05, 0.1) is 13.5 Å². The molecule has 0 spiro atoms. The summed E-state index contributed by atoms with van der Waals surface area (Å²) in [6, 6.07) is 14.0. The average Bonchev–Trinajstić information content (AvgIpc) is 3.35. The first kappa shape index (κ1) is 19.6. The fourth-order valence-corrected chi connectivity index (χ4v) is 4.21. The Morgan fingerprint density at radius 2 is 1.93 bits per heavy atom. The number of fused-ring (bicyclic) bond motifs is 1. The summed E-state index contributed by atoms with van der Waals surface area (Å²) in [5, 5.41) is 3.28. The lowest BCUT2D eigenvalue weighted by Crippen LogP contribution is -2.40. The molecule has 2 atom stereocenters. The highest BCUT2D eigenvalue weighted by molar-refractivity contribution is 5.79. The number of amides is 1. The van der Waals surface area contributed by atoms with Crippen molar-refractivity contribution in [3.05, 3.63) is 53.6 Å². The molecule has 2 heterocycles. The molecular weight excluding hydrogens is 368 g/mol. The maximum absolute atomic E-state index is 12.8. The van der Waals surface area contributed by atoms with Gasteiger partial charge >= 0.3 is 0 Å². The summed E-state index contributed by atoms with van der Waals surface area (Å²) in [5.41, 5.74) is 2.16. The van der Waals surface area contributed by atoms with Gasteiger partial charge in [0, 0.05) is 25.0 Å². The van der Waals surface area contributed by atoms with Crippen molar-refractivity contribution in [1.82, 2.24) is 10.2 Å². The number of methoxy groups -OCH3 is 1. The smallest absolute Gasteiger partial charge is 0.231 e. The molecule has 1 fully saturated rings. The van der Waals surface area contributed by atoms with Crippen LogP contribution in [0.15, 0.2) is 42.5 Å². The molecule has 2 aliphatic heterocycles. The molecule has 6 nitrogen and oxygen atoms in total. The summed E-state index contributed by atoms with van der Waals surface area (Å²) in [6.45, 7) is 5.30. The fourth-order valence-electron chi connectivity index (χ4n) is 4.21. The molecule has 2 aromatic rings. The number of rotatable bonds is 7. The topological polar surface area (TPSA) is 60.0 Å². The highest BCUT2D eigenvalue weighted by Crippen LogP contribution is 2.33.